The van der Waals surface area contributed by atoms with E-state index in [-0.39, 0.29) is 5.78 Å². The van der Waals surface area contributed by atoms with E-state index in [2.05, 4.69) is 18.4 Å². The van der Waals surface area contributed by atoms with Crippen LogP contribution in [0.25, 0.3) is 0 Å². The lowest BCUT2D eigenvalue weighted by atomic mass is 10.0. The Hall–Kier alpha value is -1.05. The lowest BCUT2D eigenvalue weighted by Gasteiger charge is -2.12. The van der Waals surface area contributed by atoms with Crippen LogP contribution in [0.5, 0.6) is 0 Å². The van der Waals surface area contributed by atoms with Crippen LogP contribution in [0.3, 0.4) is 0 Å². The second kappa shape index (κ2) is 6.51. The van der Waals surface area contributed by atoms with E-state index in [4.69, 9.17) is 0 Å². The van der Waals surface area contributed by atoms with Gasteiger partial charge in [-0.3, -0.25) is 4.79 Å². The zero-order valence-electron chi connectivity index (χ0n) is 10.7. The first-order chi connectivity index (χ1) is 7.71. The molecule has 2 nitrogen and oxygen atoms in total. The summed E-state index contributed by atoms with van der Waals surface area (Å²) in [5.41, 5.74) is 0.868. The van der Waals surface area contributed by atoms with Gasteiger partial charge in [-0.1, -0.05) is 33.6 Å². The normalized spacial score (nSPS) is 11.0. The maximum atomic E-state index is 11.7. The Kier molecular flexibility index (Phi) is 5.30. The molecule has 0 aromatic carbocycles. The van der Waals surface area contributed by atoms with Crippen molar-refractivity contribution in [2.24, 2.45) is 5.92 Å². The van der Waals surface area contributed by atoms with Crippen molar-refractivity contribution in [3.63, 3.8) is 0 Å². The van der Waals surface area contributed by atoms with Crippen molar-refractivity contribution in [1.82, 2.24) is 4.57 Å². The molecule has 0 saturated carbocycles. The third kappa shape index (κ3) is 3.51. The first-order valence-corrected chi connectivity index (χ1v) is 6.40. The summed E-state index contributed by atoms with van der Waals surface area (Å²) in [6.07, 6.45) is 8.02. The smallest absolute Gasteiger partial charge is 0.164 e. The Morgan fingerprint density at radius 3 is 2.56 bits per heavy atom. The van der Waals surface area contributed by atoms with Crippen LogP contribution in [0.4, 0.5) is 0 Å². The van der Waals surface area contributed by atoms with Gasteiger partial charge >= 0.3 is 0 Å². The molecule has 1 rings (SSSR count). The van der Waals surface area contributed by atoms with Gasteiger partial charge in [0.2, 0.25) is 0 Å². The highest BCUT2D eigenvalue weighted by molar-refractivity contribution is 5.95. The summed E-state index contributed by atoms with van der Waals surface area (Å²) in [4.78, 5) is 11.7. The summed E-state index contributed by atoms with van der Waals surface area (Å²) in [6.45, 7) is 7.52. The number of ketones is 1. The predicted molar refractivity (Wildman–Crippen MR) is 67.7 cm³/mol. The van der Waals surface area contributed by atoms with Crippen LogP contribution in [0.15, 0.2) is 18.5 Å². The van der Waals surface area contributed by atoms with E-state index in [1.807, 2.05) is 25.4 Å². The molecule has 0 spiro atoms. The molecule has 90 valence electrons. The lowest BCUT2D eigenvalue weighted by Crippen LogP contribution is -2.07. The maximum absolute atomic E-state index is 11.7. The van der Waals surface area contributed by atoms with Gasteiger partial charge in [-0.2, -0.15) is 0 Å². The van der Waals surface area contributed by atoms with Crippen LogP contribution < -0.4 is 0 Å². The van der Waals surface area contributed by atoms with Crippen LogP contribution in [0.2, 0.25) is 0 Å². The zero-order chi connectivity index (χ0) is 12.0. The molecule has 0 saturated heterocycles. The van der Waals surface area contributed by atoms with Gasteiger partial charge in [0.1, 0.15) is 0 Å². The van der Waals surface area contributed by atoms with E-state index in [1.165, 1.54) is 12.8 Å². The Morgan fingerprint density at radius 2 is 2.00 bits per heavy atom. The number of carbonyl (C=O) groups excluding carboxylic acids is 1. The fourth-order valence-corrected chi connectivity index (χ4v) is 1.94. The van der Waals surface area contributed by atoms with Crippen molar-refractivity contribution in [2.75, 3.05) is 0 Å². The van der Waals surface area contributed by atoms with Crippen LogP contribution >= 0.6 is 0 Å². The molecule has 1 aromatic heterocycles. The third-order valence-corrected chi connectivity index (χ3v) is 3.17. The first-order valence-electron chi connectivity index (χ1n) is 6.40. The van der Waals surface area contributed by atoms with Gasteiger partial charge in [0.15, 0.2) is 5.78 Å². The quantitative estimate of drug-likeness (QED) is 0.640. The molecular weight excluding hydrogens is 198 g/mol. The molecule has 0 amide bonds. The van der Waals surface area contributed by atoms with Gasteiger partial charge in [0.05, 0.1) is 0 Å². The summed E-state index contributed by atoms with van der Waals surface area (Å²) in [5.74, 6) is 0.993. The molecule has 0 N–H and O–H groups in total. The number of Topliss-reactive ketones (excluding diaryl/α,β-unsaturated/α-hetero) is 1. The number of nitrogens with zero attached hydrogens (tertiary/aromatic N) is 1. The Morgan fingerprint density at radius 1 is 1.31 bits per heavy atom. The van der Waals surface area contributed by atoms with Crippen LogP contribution in [0, 0.1) is 5.92 Å². The lowest BCUT2D eigenvalue weighted by molar-refractivity contribution is 0.0981. The second-order valence-electron chi connectivity index (χ2n) is 4.45. The second-order valence-corrected chi connectivity index (χ2v) is 4.45. The summed E-state index contributed by atoms with van der Waals surface area (Å²) in [6, 6.07) is 1.94. The fourth-order valence-electron chi connectivity index (χ4n) is 1.94. The van der Waals surface area contributed by atoms with Crippen molar-refractivity contribution in [3.8, 4) is 0 Å². The highest BCUT2D eigenvalue weighted by Gasteiger charge is 2.08. The Labute approximate surface area is 98.7 Å². The highest BCUT2D eigenvalue weighted by atomic mass is 16.1. The van der Waals surface area contributed by atoms with Crippen molar-refractivity contribution in [2.45, 2.75) is 53.0 Å². The van der Waals surface area contributed by atoms with Crippen molar-refractivity contribution >= 4 is 5.78 Å². The van der Waals surface area contributed by atoms with E-state index >= 15 is 0 Å². The summed E-state index contributed by atoms with van der Waals surface area (Å²) in [7, 11) is 0. The van der Waals surface area contributed by atoms with Crippen LogP contribution in [-0.2, 0) is 6.54 Å². The minimum atomic E-state index is 0.269. The monoisotopic (exact) mass is 221 g/mol. The molecule has 2 heteroatoms. The van der Waals surface area contributed by atoms with Gasteiger partial charge < -0.3 is 4.57 Å². The minimum absolute atomic E-state index is 0.269. The fraction of sp³-hybridized carbons (Fsp3) is 0.643. The Bertz CT molecular complexity index is 323. The topological polar surface area (TPSA) is 22.0 Å². The molecule has 0 fully saturated rings. The van der Waals surface area contributed by atoms with E-state index in [0.29, 0.717) is 6.42 Å². The molecule has 0 radical (unpaired) electrons. The molecule has 0 bridgehead atoms. The minimum Gasteiger partial charge on any atom is -0.353 e. The summed E-state index contributed by atoms with van der Waals surface area (Å²) < 4.78 is 2.15. The SMILES string of the molecule is CCCC(=O)c1ccn(CC(CC)CC)c1. The molecule has 16 heavy (non-hydrogen) atoms. The standard InChI is InChI=1S/C14H23NO/c1-4-7-14(16)13-8-9-15(11-13)10-12(5-2)6-3/h8-9,11-12H,4-7,10H2,1-3H3. The number of hydrogen-bond acceptors (Lipinski definition) is 1. The van der Waals surface area contributed by atoms with E-state index < -0.39 is 0 Å². The molecule has 0 unspecified atom stereocenters. The number of carbonyl (C=O) groups is 1. The largest absolute Gasteiger partial charge is 0.353 e. The van der Waals surface area contributed by atoms with Gasteiger partial charge in [0, 0.05) is 30.9 Å². The summed E-state index contributed by atoms with van der Waals surface area (Å²) >= 11 is 0. The number of aromatic nitrogens is 1. The van der Waals surface area contributed by atoms with E-state index in [1.54, 1.807) is 0 Å². The average molecular weight is 221 g/mol. The molecule has 0 aliphatic rings. The van der Waals surface area contributed by atoms with Gasteiger partial charge in [-0.15, -0.1) is 0 Å². The van der Waals surface area contributed by atoms with Gasteiger partial charge in [0.25, 0.3) is 0 Å². The van der Waals surface area contributed by atoms with Gasteiger partial charge in [-0.05, 0) is 18.4 Å². The third-order valence-electron chi connectivity index (χ3n) is 3.17. The molecule has 0 atom stereocenters. The number of rotatable bonds is 7. The van der Waals surface area contributed by atoms with Crippen molar-refractivity contribution in [3.05, 3.63) is 24.0 Å². The van der Waals surface area contributed by atoms with Crippen molar-refractivity contribution < 1.29 is 4.79 Å². The average Bonchev–Trinajstić information content (AvgIpc) is 2.74. The van der Waals surface area contributed by atoms with Crippen LogP contribution in [-0.4, -0.2) is 10.4 Å². The molecule has 1 heterocycles. The molecular formula is C14H23NO. The van der Waals surface area contributed by atoms with E-state index in [0.717, 1.165) is 24.4 Å². The van der Waals surface area contributed by atoms with Crippen LogP contribution in [0.1, 0.15) is 56.8 Å². The maximum Gasteiger partial charge on any atom is 0.164 e. The first kappa shape index (κ1) is 13.0. The predicted octanol–water partition coefficient (Wildman–Crippen LogP) is 3.91. The van der Waals surface area contributed by atoms with Crippen molar-refractivity contribution in [1.29, 1.82) is 0 Å². The summed E-state index contributed by atoms with van der Waals surface area (Å²) in [5, 5.41) is 0. The highest BCUT2D eigenvalue weighted by Crippen LogP contribution is 2.13. The zero-order valence-corrected chi connectivity index (χ0v) is 10.7. The molecule has 0 aliphatic carbocycles. The number of hydrogen-bond donors (Lipinski definition) is 0. The van der Waals surface area contributed by atoms with Gasteiger partial charge in [-0.25, -0.2) is 0 Å². The molecule has 0 aliphatic heterocycles. The molecule has 1 aromatic rings. The van der Waals surface area contributed by atoms with E-state index in [9.17, 15) is 4.79 Å². The Balaban J connectivity index is 2.60.